The summed E-state index contributed by atoms with van der Waals surface area (Å²) in [4.78, 5) is 29.0. The summed E-state index contributed by atoms with van der Waals surface area (Å²) in [6.07, 6.45) is 5.62. The van der Waals surface area contributed by atoms with Gasteiger partial charge in [0.2, 0.25) is 5.91 Å². The average molecular weight is 420 g/mol. The van der Waals surface area contributed by atoms with Crippen LogP contribution in [0, 0.1) is 12.8 Å². The number of anilines is 2. The Morgan fingerprint density at radius 3 is 2.61 bits per heavy atom. The highest BCUT2D eigenvalue weighted by Crippen LogP contribution is 2.30. The van der Waals surface area contributed by atoms with E-state index in [2.05, 4.69) is 24.9 Å². The van der Waals surface area contributed by atoms with Crippen molar-refractivity contribution in [2.24, 2.45) is 13.0 Å². The van der Waals surface area contributed by atoms with Crippen molar-refractivity contribution in [3.8, 4) is 0 Å². The lowest BCUT2D eigenvalue weighted by Gasteiger charge is -2.39. The number of pyridine rings is 2. The number of amides is 1. The van der Waals surface area contributed by atoms with E-state index in [1.807, 2.05) is 60.2 Å². The van der Waals surface area contributed by atoms with Crippen molar-refractivity contribution in [3.05, 3.63) is 42.4 Å². The van der Waals surface area contributed by atoms with Crippen LogP contribution in [0.25, 0.3) is 10.9 Å². The standard InChI is InChI=1S/C23H29N7O/c1-17-19-8-10-25-22(21(19)27(2)26-17)30-11-5-6-18(16-30)23(31)29-14-12-28(13-15-29)20-7-3-4-9-24-20/h3-4,7-10,18H,5-6,11-16H2,1-2H3. The molecule has 31 heavy (non-hydrogen) atoms. The zero-order chi connectivity index (χ0) is 21.4. The van der Waals surface area contributed by atoms with Gasteiger partial charge in [0.05, 0.1) is 11.6 Å². The van der Waals surface area contributed by atoms with Gasteiger partial charge in [-0.3, -0.25) is 9.48 Å². The van der Waals surface area contributed by atoms with Gasteiger partial charge in [-0.2, -0.15) is 5.10 Å². The zero-order valence-electron chi connectivity index (χ0n) is 18.2. The van der Waals surface area contributed by atoms with Crippen LogP contribution >= 0.6 is 0 Å². The third-order valence-corrected chi connectivity index (χ3v) is 6.55. The topological polar surface area (TPSA) is 70.4 Å². The first kappa shape index (κ1) is 19.8. The Morgan fingerprint density at radius 1 is 1.00 bits per heavy atom. The van der Waals surface area contributed by atoms with Gasteiger partial charge in [0.1, 0.15) is 11.3 Å². The lowest BCUT2D eigenvalue weighted by molar-refractivity contribution is -0.136. The second kappa shape index (κ2) is 8.17. The molecule has 2 aliphatic heterocycles. The van der Waals surface area contributed by atoms with E-state index >= 15 is 0 Å². The molecule has 5 heterocycles. The number of piperazine rings is 1. The molecule has 1 amide bonds. The summed E-state index contributed by atoms with van der Waals surface area (Å²) in [5.41, 5.74) is 2.06. The van der Waals surface area contributed by atoms with Crippen molar-refractivity contribution in [3.63, 3.8) is 0 Å². The van der Waals surface area contributed by atoms with Gasteiger partial charge in [-0.05, 0) is 38.0 Å². The molecule has 2 saturated heterocycles. The number of hydrogen-bond acceptors (Lipinski definition) is 6. The van der Waals surface area contributed by atoms with Gasteiger partial charge in [-0.25, -0.2) is 9.97 Å². The maximum atomic E-state index is 13.3. The monoisotopic (exact) mass is 419 g/mol. The molecule has 8 nitrogen and oxygen atoms in total. The van der Waals surface area contributed by atoms with E-state index in [0.717, 1.165) is 80.3 Å². The van der Waals surface area contributed by atoms with Gasteiger partial charge in [0.15, 0.2) is 5.82 Å². The predicted molar refractivity (Wildman–Crippen MR) is 121 cm³/mol. The van der Waals surface area contributed by atoms with E-state index in [1.165, 1.54) is 0 Å². The smallest absolute Gasteiger partial charge is 0.227 e. The highest BCUT2D eigenvalue weighted by molar-refractivity contribution is 5.91. The van der Waals surface area contributed by atoms with Crippen molar-refractivity contribution in [2.75, 3.05) is 49.1 Å². The van der Waals surface area contributed by atoms with Crippen LogP contribution in [-0.2, 0) is 11.8 Å². The minimum atomic E-state index is 0.0153. The minimum absolute atomic E-state index is 0.0153. The molecule has 0 saturated carbocycles. The van der Waals surface area contributed by atoms with Crippen LogP contribution in [0.5, 0.6) is 0 Å². The third kappa shape index (κ3) is 3.71. The minimum Gasteiger partial charge on any atom is -0.354 e. The normalized spacial score (nSPS) is 19.8. The number of fused-ring (bicyclic) bond motifs is 1. The zero-order valence-corrected chi connectivity index (χ0v) is 18.2. The quantitative estimate of drug-likeness (QED) is 0.649. The fourth-order valence-corrected chi connectivity index (χ4v) is 4.94. The first-order valence-corrected chi connectivity index (χ1v) is 11.1. The average Bonchev–Trinajstić information content (AvgIpc) is 3.13. The number of aryl methyl sites for hydroxylation is 2. The van der Waals surface area contributed by atoms with Crippen LogP contribution in [0.3, 0.4) is 0 Å². The van der Waals surface area contributed by atoms with Crippen molar-refractivity contribution < 1.29 is 4.79 Å². The number of piperidine rings is 1. The largest absolute Gasteiger partial charge is 0.354 e. The molecule has 1 atom stereocenters. The summed E-state index contributed by atoms with van der Waals surface area (Å²) in [6.45, 7) is 6.83. The molecule has 2 aliphatic rings. The highest BCUT2D eigenvalue weighted by Gasteiger charge is 2.32. The van der Waals surface area contributed by atoms with E-state index in [-0.39, 0.29) is 11.8 Å². The van der Waals surface area contributed by atoms with E-state index in [9.17, 15) is 4.79 Å². The van der Waals surface area contributed by atoms with Crippen LogP contribution in [0.2, 0.25) is 0 Å². The Hall–Kier alpha value is -3.16. The van der Waals surface area contributed by atoms with Gasteiger partial charge in [-0.1, -0.05) is 6.07 Å². The lowest BCUT2D eigenvalue weighted by Crippen LogP contribution is -2.52. The summed E-state index contributed by atoms with van der Waals surface area (Å²) in [6, 6.07) is 7.99. The van der Waals surface area contributed by atoms with Crippen molar-refractivity contribution in [1.82, 2.24) is 24.6 Å². The van der Waals surface area contributed by atoms with Crippen molar-refractivity contribution in [2.45, 2.75) is 19.8 Å². The molecule has 0 aromatic carbocycles. The lowest BCUT2D eigenvalue weighted by atomic mass is 9.96. The molecule has 0 N–H and O–H groups in total. The highest BCUT2D eigenvalue weighted by atomic mass is 16.2. The van der Waals surface area contributed by atoms with Crippen LogP contribution < -0.4 is 9.80 Å². The van der Waals surface area contributed by atoms with Crippen LogP contribution in [0.15, 0.2) is 36.7 Å². The fraction of sp³-hybridized carbons (Fsp3) is 0.478. The maximum absolute atomic E-state index is 13.3. The van der Waals surface area contributed by atoms with Crippen LogP contribution in [0.4, 0.5) is 11.6 Å². The second-order valence-corrected chi connectivity index (χ2v) is 8.53. The maximum Gasteiger partial charge on any atom is 0.227 e. The second-order valence-electron chi connectivity index (χ2n) is 8.53. The number of nitrogens with zero attached hydrogens (tertiary/aromatic N) is 7. The number of carbonyl (C=O) groups excluding carboxylic acids is 1. The first-order chi connectivity index (χ1) is 15.1. The SMILES string of the molecule is Cc1nn(C)c2c(N3CCCC(C(=O)N4CCN(c5ccccn5)CC4)C3)nccc12. The van der Waals surface area contributed by atoms with E-state index in [1.54, 1.807) is 0 Å². The first-order valence-electron chi connectivity index (χ1n) is 11.1. The Morgan fingerprint density at radius 2 is 1.84 bits per heavy atom. The Kier molecular flexibility index (Phi) is 5.21. The van der Waals surface area contributed by atoms with Gasteiger partial charge in [-0.15, -0.1) is 0 Å². The summed E-state index contributed by atoms with van der Waals surface area (Å²) in [5, 5.41) is 5.70. The summed E-state index contributed by atoms with van der Waals surface area (Å²) >= 11 is 0. The number of aromatic nitrogens is 4. The molecule has 3 aromatic heterocycles. The van der Waals surface area contributed by atoms with Gasteiger partial charge >= 0.3 is 0 Å². The van der Waals surface area contributed by atoms with Crippen molar-refractivity contribution in [1.29, 1.82) is 0 Å². The molecule has 8 heteroatoms. The molecule has 3 aromatic rings. The molecule has 0 radical (unpaired) electrons. The van der Waals surface area contributed by atoms with E-state index < -0.39 is 0 Å². The molecule has 0 spiro atoms. The molecule has 5 rings (SSSR count). The molecule has 0 bridgehead atoms. The van der Waals surface area contributed by atoms with E-state index in [0.29, 0.717) is 0 Å². The molecule has 0 aliphatic carbocycles. The van der Waals surface area contributed by atoms with Gasteiger partial charge in [0.25, 0.3) is 0 Å². The third-order valence-electron chi connectivity index (χ3n) is 6.55. The van der Waals surface area contributed by atoms with Gasteiger partial charge < -0.3 is 14.7 Å². The predicted octanol–water partition coefficient (Wildman–Crippen LogP) is 2.24. The summed E-state index contributed by atoms with van der Waals surface area (Å²) in [7, 11) is 1.97. The van der Waals surface area contributed by atoms with E-state index in [4.69, 9.17) is 0 Å². The Balaban J connectivity index is 1.28. The molecular weight excluding hydrogens is 390 g/mol. The molecule has 162 valence electrons. The van der Waals surface area contributed by atoms with Crippen LogP contribution in [0.1, 0.15) is 18.5 Å². The molecular formula is C23H29N7O. The Labute approximate surface area is 182 Å². The van der Waals surface area contributed by atoms with Crippen LogP contribution in [-0.4, -0.2) is 69.8 Å². The number of hydrogen-bond donors (Lipinski definition) is 0. The molecule has 2 fully saturated rings. The van der Waals surface area contributed by atoms with Crippen molar-refractivity contribution >= 4 is 28.4 Å². The number of rotatable bonds is 3. The summed E-state index contributed by atoms with van der Waals surface area (Å²) < 4.78 is 1.91. The molecule has 1 unspecified atom stereocenters. The fourth-order valence-electron chi connectivity index (χ4n) is 4.94. The number of carbonyl (C=O) groups is 1. The summed E-state index contributed by atoms with van der Waals surface area (Å²) in [5.74, 6) is 2.22. The van der Waals surface area contributed by atoms with Gasteiger partial charge in [0, 0.05) is 64.1 Å². The Bertz CT molecular complexity index is 1070.